The number of phenolic OH excluding ortho intramolecular Hbond substituents is 1. The Morgan fingerprint density at radius 2 is 1.79 bits per heavy atom. The first-order valence-corrected chi connectivity index (χ1v) is 12.4. The van der Waals surface area contributed by atoms with Crippen LogP contribution in [0.25, 0.3) is 33.4 Å². The minimum atomic E-state index is -1.23. The van der Waals surface area contributed by atoms with Crippen LogP contribution in [0.5, 0.6) is 5.75 Å². The van der Waals surface area contributed by atoms with Gasteiger partial charge in [0.1, 0.15) is 17.1 Å². The molecule has 1 amide bonds. The van der Waals surface area contributed by atoms with Crippen molar-refractivity contribution < 1.29 is 29.0 Å². The molecule has 9 nitrogen and oxygen atoms in total. The topological polar surface area (TPSA) is 160 Å². The normalized spacial score (nSPS) is 11.9. The summed E-state index contributed by atoms with van der Waals surface area (Å²) >= 11 is 5.74. The van der Waals surface area contributed by atoms with Gasteiger partial charge in [-0.25, -0.2) is 4.79 Å². The number of fused-ring (bicyclic) bond motifs is 2. The second kappa shape index (κ2) is 11.5. The molecule has 1 aliphatic carbocycles. The number of phenols is 1. The number of benzene rings is 3. The monoisotopic (exact) mass is 536 g/mol. The first-order valence-electron chi connectivity index (χ1n) is 11.9. The van der Waals surface area contributed by atoms with Gasteiger partial charge in [-0.2, -0.15) is 0 Å². The molecule has 5 N–H and O–H groups in total. The number of carboxylic acid groups (broad SMARTS) is 1. The third-order valence-corrected chi connectivity index (χ3v) is 6.49. The van der Waals surface area contributed by atoms with E-state index in [9.17, 15) is 29.4 Å². The lowest BCUT2D eigenvalue weighted by atomic mass is 9.89. The number of carbonyl (C=O) groups excluding carboxylic acids is 2. The highest BCUT2D eigenvalue weighted by Gasteiger charge is 2.25. The molecule has 2 aromatic rings. The number of hydrogen-bond acceptors (Lipinski definition) is 7. The fourth-order valence-corrected chi connectivity index (χ4v) is 4.56. The summed E-state index contributed by atoms with van der Waals surface area (Å²) in [5.41, 5.74) is 6.52. The highest BCUT2D eigenvalue weighted by atomic mass is 35.5. The number of nitrogens with one attached hydrogen (secondary N) is 1. The van der Waals surface area contributed by atoms with Crippen LogP contribution in [0.4, 0.5) is 0 Å². The van der Waals surface area contributed by atoms with E-state index in [1.54, 1.807) is 6.07 Å². The van der Waals surface area contributed by atoms with Crippen molar-refractivity contribution >= 4 is 40.2 Å². The first kappa shape index (κ1) is 26.8. The van der Waals surface area contributed by atoms with Crippen molar-refractivity contribution in [2.24, 2.45) is 5.73 Å². The summed E-state index contributed by atoms with van der Waals surface area (Å²) in [5, 5.41) is 23.1. The summed E-state index contributed by atoms with van der Waals surface area (Å²) in [6, 6.07) is 11.8. The van der Waals surface area contributed by atoms with Gasteiger partial charge in [0, 0.05) is 34.2 Å². The third kappa shape index (κ3) is 5.53. The predicted octanol–water partition coefficient (Wildman–Crippen LogP) is 4.00. The first-order chi connectivity index (χ1) is 18.2. The number of hydrogen-bond donors (Lipinski definition) is 4. The molecule has 0 spiro atoms. The van der Waals surface area contributed by atoms with Gasteiger partial charge in [0.15, 0.2) is 11.2 Å². The maximum atomic E-state index is 13.2. The van der Waals surface area contributed by atoms with E-state index in [4.69, 9.17) is 21.8 Å². The van der Waals surface area contributed by atoms with Gasteiger partial charge in [-0.15, -0.1) is 11.6 Å². The average molecular weight is 537 g/mol. The summed E-state index contributed by atoms with van der Waals surface area (Å²) < 4.78 is 5.84. The molecule has 0 fully saturated rings. The van der Waals surface area contributed by atoms with E-state index in [1.807, 2.05) is 0 Å². The molecule has 0 aromatic heterocycles. The minimum Gasteiger partial charge on any atom is -0.508 e. The highest BCUT2D eigenvalue weighted by molar-refractivity contribution is 6.28. The van der Waals surface area contributed by atoms with Gasteiger partial charge in [0.2, 0.25) is 0 Å². The summed E-state index contributed by atoms with van der Waals surface area (Å²) in [4.78, 5) is 49.8. The van der Waals surface area contributed by atoms with Crippen LogP contribution in [0.2, 0.25) is 0 Å². The van der Waals surface area contributed by atoms with Crippen LogP contribution in [-0.2, 0) is 4.79 Å². The summed E-state index contributed by atoms with van der Waals surface area (Å²) in [7, 11) is 0. The molecule has 0 saturated heterocycles. The zero-order valence-electron chi connectivity index (χ0n) is 20.2. The van der Waals surface area contributed by atoms with Gasteiger partial charge in [0.25, 0.3) is 5.91 Å². The molecular formula is C28H25ClN2O7. The van der Waals surface area contributed by atoms with Crippen LogP contribution in [0, 0.1) is 0 Å². The molecule has 0 radical (unpaired) electrons. The van der Waals surface area contributed by atoms with Gasteiger partial charge in [-0.05, 0) is 73.8 Å². The Morgan fingerprint density at radius 3 is 2.50 bits per heavy atom. The Morgan fingerprint density at radius 1 is 1.00 bits per heavy atom. The van der Waals surface area contributed by atoms with E-state index in [0.717, 1.165) is 0 Å². The van der Waals surface area contributed by atoms with E-state index >= 15 is 0 Å². The summed E-state index contributed by atoms with van der Waals surface area (Å²) in [6.07, 6.45) is 1.66. The van der Waals surface area contributed by atoms with Gasteiger partial charge in [-0.1, -0.05) is 0 Å². The zero-order valence-corrected chi connectivity index (χ0v) is 21.0. The molecule has 0 bridgehead atoms. The lowest BCUT2D eigenvalue weighted by Crippen LogP contribution is -2.41. The maximum Gasteiger partial charge on any atom is 0.336 e. The average Bonchev–Trinajstić information content (AvgIpc) is 2.90. The van der Waals surface area contributed by atoms with Crippen LogP contribution in [0.1, 0.15) is 40.0 Å². The summed E-state index contributed by atoms with van der Waals surface area (Å²) in [6.45, 7) is 0.451. The Hall–Kier alpha value is -4.21. The van der Waals surface area contributed by atoms with Gasteiger partial charge in [-0.3, -0.25) is 14.4 Å². The Bertz CT molecular complexity index is 1560. The minimum absolute atomic E-state index is 0.0824. The highest BCUT2D eigenvalue weighted by Crippen LogP contribution is 2.42. The lowest BCUT2D eigenvalue weighted by molar-refractivity contribution is -0.118. The number of rotatable bonds is 10. The molecule has 0 saturated carbocycles. The van der Waals surface area contributed by atoms with E-state index in [1.165, 1.54) is 48.5 Å². The number of aromatic carboxylic acids is 1. The molecule has 1 aliphatic heterocycles. The van der Waals surface area contributed by atoms with Crippen molar-refractivity contribution in [3.8, 4) is 28.2 Å². The number of ketones is 1. The molecular weight excluding hydrogens is 512 g/mol. The number of carboxylic acids is 1. The van der Waals surface area contributed by atoms with Crippen molar-refractivity contribution in [1.82, 2.24) is 5.32 Å². The number of Topliss-reactive ketones (excluding diaryl/α,β-unsaturated/α-hetero) is 1. The standard InChI is InChI=1S/C28H25ClN2O7/c29-14-23(34)22(3-1-2-10-30)31-27(35)15-4-7-18(28(36)37)21(11-15)26-19-8-5-16(32)12-24(19)38-25-13-17(33)6-9-20(25)26/h4-9,11-13,22,32H,1-3,10,14,30H2,(H,31,35)(H,36,37). The Kier molecular flexibility index (Phi) is 8.09. The molecule has 38 heavy (non-hydrogen) atoms. The molecule has 10 heteroatoms. The van der Waals surface area contributed by atoms with Gasteiger partial charge >= 0.3 is 5.97 Å². The number of unbranched alkanes of at least 4 members (excludes halogenated alkanes) is 1. The van der Waals surface area contributed by atoms with Crippen LogP contribution in [0.3, 0.4) is 0 Å². The molecule has 196 valence electrons. The van der Waals surface area contributed by atoms with Crippen LogP contribution >= 0.6 is 11.6 Å². The SMILES string of the molecule is NCCCCC(NC(=O)c1ccc(C(=O)O)c(-c2c3ccc(=O)cc-3oc3cc(O)ccc23)c1)C(=O)CCl. The molecule has 1 unspecified atom stereocenters. The second-order valence-electron chi connectivity index (χ2n) is 8.79. The smallest absolute Gasteiger partial charge is 0.336 e. The predicted molar refractivity (Wildman–Crippen MR) is 143 cm³/mol. The number of alkyl halides is 1. The largest absolute Gasteiger partial charge is 0.508 e. The fraction of sp³-hybridized carbons (Fsp3) is 0.214. The van der Waals surface area contributed by atoms with Gasteiger partial charge < -0.3 is 25.7 Å². The zero-order chi connectivity index (χ0) is 27.4. The van der Waals surface area contributed by atoms with Gasteiger partial charge in [0.05, 0.1) is 17.5 Å². The number of halogens is 1. The van der Waals surface area contributed by atoms with Crippen molar-refractivity contribution in [2.45, 2.75) is 25.3 Å². The molecule has 2 aromatic carbocycles. The van der Waals surface area contributed by atoms with Crippen molar-refractivity contribution in [3.05, 3.63) is 75.9 Å². The molecule has 1 atom stereocenters. The fourth-order valence-electron chi connectivity index (χ4n) is 4.37. The van der Waals surface area contributed by atoms with Crippen molar-refractivity contribution in [3.63, 3.8) is 0 Å². The van der Waals surface area contributed by atoms with Crippen LogP contribution in [-0.4, -0.2) is 46.3 Å². The van der Waals surface area contributed by atoms with Crippen molar-refractivity contribution in [2.75, 3.05) is 12.4 Å². The molecule has 4 rings (SSSR count). The Balaban J connectivity index is 1.88. The number of aromatic hydroxyl groups is 1. The van der Waals surface area contributed by atoms with E-state index < -0.39 is 17.9 Å². The number of amides is 1. The van der Waals surface area contributed by atoms with Crippen LogP contribution in [0.15, 0.2) is 63.8 Å². The second-order valence-corrected chi connectivity index (χ2v) is 9.06. The Labute approximate surface area is 222 Å². The number of nitrogens with two attached hydrogens (primary N) is 1. The van der Waals surface area contributed by atoms with E-state index in [2.05, 4.69) is 5.32 Å². The summed E-state index contributed by atoms with van der Waals surface area (Å²) in [5.74, 6) is -2.31. The lowest BCUT2D eigenvalue weighted by Gasteiger charge is -2.19. The quantitative estimate of drug-likeness (QED) is 0.134. The van der Waals surface area contributed by atoms with Crippen LogP contribution < -0.4 is 16.5 Å². The van der Waals surface area contributed by atoms with Crippen molar-refractivity contribution in [1.29, 1.82) is 0 Å². The van der Waals surface area contributed by atoms with E-state index in [-0.39, 0.29) is 50.9 Å². The maximum absolute atomic E-state index is 13.2. The molecule has 1 heterocycles. The molecule has 2 aliphatic rings. The van der Waals surface area contributed by atoms with E-state index in [0.29, 0.717) is 42.3 Å². The number of carbonyl (C=O) groups is 3. The third-order valence-electron chi connectivity index (χ3n) is 6.23.